The number of halogens is 1. The van der Waals surface area contributed by atoms with Crippen molar-refractivity contribution in [3.05, 3.63) is 35.5 Å². The van der Waals surface area contributed by atoms with Crippen molar-refractivity contribution in [3.63, 3.8) is 0 Å². The van der Waals surface area contributed by atoms with Crippen molar-refractivity contribution in [2.24, 2.45) is 0 Å². The van der Waals surface area contributed by atoms with E-state index in [1.807, 2.05) is 22.9 Å². The summed E-state index contributed by atoms with van der Waals surface area (Å²) in [6, 6.07) is 7.44. The van der Waals surface area contributed by atoms with Gasteiger partial charge in [0.2, 0.25) is 0 Å². The van der Waals surface area contributed by atoms with Crippen LogP contribution in [0.5, 0.6) is 0 Å². The van der Waals surface area contributed by atoms with Gasteiger partial charge in [0.15, 0.2) is 0 Å². The number of aryl methyl sites for hydroxylation is 1. The monoisotopic (exact) mass is 235 g/mol. The number of hydrogen-bond donors (Lipinski definition) is 1. The summed E-state index contributed by atoms with van der Waals surface area (Å²) in [6.07, 6.45) is 2.82. The molecule has 1 aromatic heterocycles. The number of aromatic nitrogens is 2. The molecule has 84 valence electrons. The van der Waals surface area contributed by atoms with Crippen LogP contribution in [-0.2, 0) is 6.54 Å². The van der Waals surface area contributed by atoms with E-state index in [-0.39, 0.29) is 0 Å². The van der Waals surface area contributed by atoms with Gasteiger partial charge in [-0.15, -0.1) is 0 Å². The Kier molecular flexibility index (Phi) is 3.15. The van der Waals surface area contributed by atoms with Crippen molar-refractivity contribution in [1.82, 2.24) is 9.78 Å². The number of hydrogen-bond acceptors (Lipinski definition) is 2. The van der Waals surface area contributed by atoms with Gasteiger partial charge in [0, 0.05) is 29.0 Å². The number of benzene rings is 1. The lowest BCUT2D eigenvalue weighted by Gasteiger charge is -2.09. The number of rotatable bonds is 3. The van der Waals surface area contributed by atoms with Crippen LogP contribution in [0, 0.1) is 0 Å². The molecule has 0 aliphatic rings. The van der Waals surface area contributed by atoms with Crippen LogP contribution in [0.25, 0.3) is 11.3 Å². The molecule has 0 amide bonds. The van der Waals surface area contributed by atoms with E-state index in [1.54, 1.807) is 12.3 Å². The molecule has 0 aliphatic carbocycles. The standard InChI is InChI=1S/C12H14ClN3/c1-2-7-16-12(5-6-15-16)10-8-9(13)3-4-11(10)14/h3-6,8H,2,7,14H2,1H3. The van der Waals surface area contributed by atoms with E-state index in [2.05, 4.69) is 12.0 Å². The van der Waals surface area contributed by atoms with Gasteiger partial charge in [0.1, 0.15) is 0 Å². The Balaban J connectivity index is 2.49. The van der Waals surface area contributed by atoms with E-state index in [9.17, 15) is 0 Å². The van der Waals surface area contributed by atoms with E-state index in [0.717, 1.165) is 29.9 Å². The SMILES string of the molecule is CCCn1nccc1-c1cc(Cl)ccc1N. The first kappa shape index (κ1) is 11.0. The molecule has 0 unspecified atom stereocenters. The van der Waals surface area contributed by atoms with Crippen LogP contribution < -0.4 is 5.73 Å². The predicted octanol–water partition coefficient (Wildman–Crippen LogP) is 3.20. The Hall–Kier alpha value is -1.48. The maximum Gasteiger partial charge on any atom is 0.0703 e. The summed E-state index contributed by atoms with van der Waals surface area (Å²) >= 11 is 5.98. The molecule has 3 nitrogen and oxygen atoms in total. The Labute approximate surface area is 99.8 Å². The zero-order chi connectivity index (χ0) is 11.5. The molecule has 1 aromatic carbocycles. The molecular formula is C12H14ClN3. The van der Waals surface area contributed by atoms with Gasteiger partial charge in [-0.1, -0.05) is 18.5 Å². The van der Waals surface area contributed by atoms with E-state index >= 15 is 0 Å². The summed E-state index contributed by atoms with van der Waals surface area (Å²) in [5.74, 6) is 0. The molecular weight excluding hydrogens is 222 g/mol. The Morgan fingerprint density at radius 1 is 1.38 bits per heavy atom. The van der Waals surface area contributed by atoms with Crippen LogP contribution in [0.1, 0.15) is 13.3 Å². The second-order valence-electron chi connectivity index (χ2n) is 3.67. The third-order valence-electron chi connectivity index (χ3n) is 2.44. The fourth-order valence-corrected chi connectivity index (χ4v) is 1.87. The summed E-state index contributed by atoms with van der Waals surface area (Å²) in [7, 11) is 0. The van der Waals surface area contributed by atoms with Gasteiger partial charge in [-0.05, 0) is 30.7 Å². The topological polar surface area (TPSA) is 43.8 Å². The highest BCUT2D eigenvalue weighted by molar-refractivity contribution is 6.31. The summed E-state index contributed by atoms with van der Waals surface area (Å²) in [6.45, 7) is 3.00. The fraction of sp³-hybridized carbons (Fsp3) is 0.250. The number of nitrogens with zero attached hydrogens (tertiary/aromatic N) is 2. The summed E-state index contributed by atoms with van der Waals surface area (Å²) in [4.78, 5) is 0. The molecule has 2 rings (SSSR count). The second-order valence-corrected chi connectivity index (χ2v) is 4.11. The molecule has 0 bridgehead atoms. The molecule has 2 N–H and O–H groups in total. The van der Waals surface area contributed by atoms with Crippen LogP contribution in [0.2, 0.25) is 5.02 Å². The predicted molar refractivity (Wildman–Crippen MR) is 67.4 cm³/mol. The van der Waals surface area contributed by atoms with E-state index in [1.165, 1.54) is 0 Å². The lowest BCUT2D eigenvalue weighted by molar-refractivity contribution is 0.609. The van der Waals surface area contributed by atoms with Crippen LogP contribution in [0.3, 0.4) is 0 Å². The molecule has 1 heterocycles. The number of anilines is 1. The van der Waals surface area contributed by atoms with E-state index in [4.69, 9.17) is 17.3 Å². The molecule has 0 saturated carbocycles. The minimum Gasteiger partial charge on any atom is -0.398 e. The highest BCUT2D eigenvalue weighted by Crippen LogP contribution is 2.28. The van der Waals surface area contributed by atoms with Crippen LogP contribution in [-0.4, -0.2) is 9.78 Å². The molecule has 2 aromatic rings. The zero-order valence-electron chi connectivity index (χ0n) is 9.15. The van der Waals surface area contributed by atoms with Crippen LogP contribution in [0.15, 0.2) is 30.5 Å². The zero-order valence-corrected chi connectivity index (χ0v) is 9.91. The van der Waals surface area contributed by atoms with Crippen molar-refractivity contribution in [3.8, 4) is 11.3 Å². The summed E-state index contributed by atoms with van der Waals surface area (Å²) in [5.41, 5.74) is 8.63. The van der Waals surface area contributed by atoms with E-state index < -0.39 is 0 Å². The molecule has 0 atom stereocenters. The summed E-state index contributed by atoms with van der Waals surface area (Å²) < 4.78 is 1.95. The minimum absolute atomic E-state index is 0.688. The van der Waals surface area contributed by atoms with E-state index in [0.29, 0.717) is 5.02 Å². The van der Waals surface area contributed by atoms with Gasteiger partial charge >= 0.3 is 0 Å². The fourth-order valence-electron chi connectivity index (χ4n) is 1.70. The quantitative estimate of drug-likeness (QED) is 0.831. The first-order chi connectivity index (χ1) is 7.72. The first-order valence-electron chi connectivity index (χ1n) is 5.29. The number of nitrogens with two attached hydrogens (primary N) is 1. The largest absolute Gasteiger partial charge is 0.398 e. The van der Waals surface area contributed by atoms with Crippen molar-refractivity contribution in [2.75, 3.05) is 5.73 Å². The van der Waals surface area contributed by atoms with Gasteiger partial charge in [-0.3, -0.25) is 4.68 Å². The Bertz CT molecular complexity index is 491. The molecule has 0 spiro atoms. The molecule has 0 fully saturated rings. The van der Waals surface area contributed by atoms with Crippen molar-refractivity contribution in [2.45, 2.75) is 19.9 Å². The number of nitrogen functional groups attached to an aromatic ring is 1. The molecule has 0 saturated heterocycles. The van der Waals surface area contributed by atoms with Crippen LogP contribution >= 0.6 is 11.6 Å². The van der Waals surface area contributed by atoms with Crippen molar-refractivity contribution < 1.29 is 0 Å². The highest BCUT2D eigenvalue weighted by Gasteiger charge is 2.08. The average molecular weight is 236 g/mol. The molecule has 0 radical (unpaired) electrons. The van der Waals surface area contributed by atoms with Gasteiger partial charge in [-0.2, -0.15) is 5.10 Å². The minimum atomic E-state index is 0.688. The first-order valence-corrected chi connectivity index (χ1v) is 5.67. The van der Waals surface area contributed by atoms with Crippen molar-refractivity contribution >= 4 is 17.3 Å². The molecule has 4 heteroatoms. The third-order valence-corrected chi connectivity index (χ3v) is 2.68. The Morgan fingerprint density at radius 3 is 2.94 bits per heavy atom. The van der Waals surface area contributed by atoms with Gasteiger partial charge in [0.05, 0.1) is 5.69 Å². The average Bonchev–Trinajstić information content (AvgIpc) is 2.70. The van der Waals surface area contributed by atoms with Crippen molar-refractivity contribution in [1.29, 1.82) is 0 Å². The second kappa shape index (κ2) is 4.58. The maximum atomic E-state index is 5.98. The molecule has 0 aliphatic heterocycles. The lowest BCUT2D eigenvalue weighted by atomic mass is 10.1. The van der Waals surface area contributed by atoms with Gasteiger partial charge in [-0.25, -0.2) is 0 Å². The van der Waals surface area contributed by atoms with Gasteiger partial charge < -0.3 is 5.73 Å². The lowest BCUT2D eigenvalue weighted by Crippen LogP contribution is -2.02. The smallest absolute Gasteiger partial charge is 0.0703 e. The van der Waals surface area contributed by atoms with Crippen LogP contribution in [0.4, 0.5) is 5.69 Å². The highest BCUT2D eigenvalue weighted by atomic mass is 35.5. The normalized spacial score (nSPS) is 10.6. The van der Waals surface area contributed by atoms with Gasteiger partial charge in [0.25, 0.3) is 0 Å². The summed E-state index contributed by atoms with van der Waals surface area (Å²) in [5, 5.41) is 4.96. The third kappa shape index (κ3) is 2.04. The molecule has 16 heavy (non-hydrogen) atoms. The maximum absolute atomic E-state index is 5.98. The Morgan fingerprint density at radius 2 is 2.19 bits per heavy atom.